The molecule has 1 aliphatic rings. The Morgan fingerprint density at radius 2 is 2.50 bits per heavy atom. The molecule has 0 saturated carbocycles. The molecule has 0 saturated heterocycles. The van der Waals surface area contributed by atoms with E-state index in [0.29, 0.717) is 6.61 Å². The van der Waals surface area contributed by atoms with Crippen molar-refractivity contribution in [3.63, 3.8) is 0 Å². The van der Waals surface area contributed by atoms with Gasteiger partial charge in [0, 0.05) is 0 Å². The van der Waals surface area contributed by atoms with E-state index in [1.807, 2.05) is 0 Å². The molecule has 0 aliphatic carbocycles. The van der Waals surface area contributed by atoms with Gasteiger partial charge in [0.05, 0.1) is 5.97 Å². The summed E-state index contributed by atoms with van der Waals surface area (Å²) >= 11 is 0. The number of hydrogen-bond acceptors (Lipinski definition) is 4. The molecule has 0 spiro atoms. The Kier molecular flexibility index (Phi) is 5.19. The van der Waals surface area contributed by atoms with E-state index in [1.54, 1.807) is 6.08 Å². The average molecular weight is 165 g/mol. The third-order valence-corrected chi connectivity index (χ3v) is 0.819. The standard InChI is InChI=1S/C5H5NO3.K/c7-5(8)4-2-1-3-9-6-4;/h1-2H,3H2,(H,7,8);/q;+1/p-1. The van der Waals surface area contributed by atoms with Gasteiger partial charge < -0.3 is 14.7 Å². The number of carbonyl (C=O) groups excluding carboxylic acids is 1. The first-order valence-electron chi connectivity index (χ1n) is 2.38. The number of carboxylic acids is 1. The van der Waals surface area contributed by atoms with Gasteiger partial charge in [-0.2, -0.15) is 0 Å². The predicted octanol–water partition coefficient (Wildman–Crippen LogP) is -4.32. The van der Waals surface area contributed by atoms with Crippen molar-refractivity contribution in [1.29, 1.82) is 0 Å². The molecular formula is C5H4KNO3. The molecule has 10 heavy (non-hydrogen) atoms. The maximum atomic E-state index is 9.98. The van der Waals surface area contributed by atoms with Crippen LogP contribution in [0.5, 0.6) is 0 Å². The van der Waals surface area contributed by atoms with Crippen molar-refractivity contribution >= 4 is 11.7 Å². The fourth-order valence-electron chi connectivity index (χ4n) is 0.445. The quantitative estimate of drug-likeness (QED) is 0.369. The zero-order valence-corrected chi connectivity index (χ0v) is 8.66. The van der Waals surface area contributed by atoms with Crippen LogP contribution in [-0.4, -0.2) is 18.3 Å². The molecule has 0 atom stereocenters. The van der Waals surface area contributed by atoms with Crippen molar-refractivity contribution < 1.29 is 66.1 Å². The van der Waals surface area contributed by atoms with Crippen LogP contribution in [0.25, 0.3) is 0 Å². The first kappa shape index (κ1) is 10.3. The Morgan fingerprint density at radius 1 is 1.80 bits per heavy atom. The van der Waals surface area contributed by atoms with Gasteiger partial charge in [-0.15, -0.1) is 0 Å². The van der Waals surface area contributed by atoms with Gasteiger partial charge in [0.1, 0.15) is 12.3 Å². The first-order chi connectivity index (χ1) is 4.30. The zero-order chi connectivity index (χ0) is 6.69. The average Bonchev–Trinajstić information content (AvgIpc) is 1.90. The van der Waals surface area contributed by atoms with Crippen molar-refractivity contribution in [2.45, 2.75) is 0 Å². The molecule has 4 nitrogen and oxygen atoms in total. The van der Waals surface area contributed by atoms with Crippen LogP contribution in [0.3, 0.4) is 0 Å². The minimum atomic E-state index is -1.31. The Hall–Kier alpha value is 0.316. The number of carbonyl (C=O) groups is 1. The van der Waals surface area contributed by atoms with Gasteiger partial charge in [0.2, 0.25) is 0 Å². The maximum absolute atomic E-state index is 9.98. The van der Waals surface area contributed by atoms with E-state index in [4.69, 9.17) is 0 Å². The van der Waals surface area contributed by atoms with Gasteiger partial charge in [-0.05, 0) is 12.2 Å². The zero-order valence-electron chi connectivity index (χ0n) is 5.53. The van der Waals surface area contributed by atoms with Gasteiger partial charge in [0.15, 0.2) is 0 Å². The van der Waals surface area contributed by atoms with E-state index in [9.17, 15) is 9.90 Å². The van der Waals surface area contributed by atoms with Crippen LogP contribution in [0, 0.1) is 0 Å². The summed E-state index contributed by atoms with van der Waals surface area (Å²) in [6.07, 6.45) is 2.90. The summed E-state index contributed by atoms with van der Waals surface area (Å²) in [5.74, 6) is -1.31. The van der Waals surface area contributed by atoms with E-state index in [1.165, 1.54) is 6.08 Å². The van der Waals surface area contributed by atoms with Gasteiger partial charge in [-0.3, -0.25) is 0 Å². The van der Waals surface area contributed by atoms with Crippen molar-refractivity contribution in [3.8, 4) is 0 Å². The topological polar surface area (TPSA) is 61.7 Å². The molecule has 0 radical (unpaired) electrons. The van der Waals surface area contributed by atoms with Gasteiger partial charge in [-0.25, -0.2) is 0 Å². The van der Waals surface area contributed by atoms with Gasteiger partial charge in [-0.1, -0.05) is 5.16 Å². The first-order valence-corrected chi connectivity index (χ1v) is 2.38. The minimum absolute atomic E-state index is 0. The Labute approximate surface area is 100 Å². The molecule has 0 amide bonds. The largest absolute Gasteiger partial charge is 1.00 e. The third-order valence-electron chi connectivity index (χ3n) is 0.819. The van der Waals surface area contributed by atoms with E-state index in [-0.39, 0.29) is 57.1 Å². The summed E-state index contributed by atoms with van der Waals surface area (Å²) in [4.78, 5) is 14.4. The second-order valence-corrected chi connectivity index (χ2v) is 1.46. The van der Waals surface area contributed by atoms with Crippen LogP contribution in [0.2, 0.25) is 0 Å². The summed E-state index contributed by atoms with van der Waals surface area (Å²) in [5, 5.41) is 13.2. The van der Waals surface area contributed by atoms with Crippen molar-refractivity contribution in [3.05, 3.63) is 12.2 Å². The molecule has 0 aromatic carbocycles. The van der Waals surface area contributed by atoms with Crippen LogP contribution >= 0.6 is 0 Å². The molecule has 0 unspecified atom stereocenters. The molecule has 1 rings (SSSR count). The second-order valence-electron chi connectivity index (χ2n) is 1.46. The predicted molar refractivity (Wildman–Crippen MR) is 27.5 cm³/mol. The number of aliphatic carboxylic acids is 1. The normalized spacial score (nSPS) is 14.6. The van der Waals surface area contributed by atoms with Gasteiger partial charge >= 0.3 is 51.4 Å². The molecule has 0 fully saturated rings. The summed E-state index contributed by atoms with van der Waals surface area (Å²) in [7, 11) is 0. The van der Waals surface area contributed by atoms with Crippen LogP contribution in [-0.2, 0) is 9.63 Å². The smallest absolute Gasteiger partial charge is 0.543 e. The van der Waals surface area contributed by atoms with Crippen molar-refractivity contribution in [1.82, 2.24) is 0 Å². The number of rotatable bonds is 1. The van der Waals surface area contributed by atoms with Crippen molar-refractivity contribution in [2.75, 3.05) is 6.61 Å². The molecule has 0 N–H and O–H groups in total. The molecule has 0 aromatic heterocycles. The fraction of sp³-hybridized carbons (Fsp3) is 0.200. The molecular weight excluding hydrogens is 161 g/mol. The van der Waals surface area contributed by atoms with Crippen LogP contribution in [0.1, 0.15) is 0 Å². The summed E-state index contributed by atoms with van der Waals surface area (Å²) in [5.41, 5.74) is -0.166. The van der Waals surface area contributed by atoms with E-state index in [2.05, 4.69) is 9.99 Å². The van der Waals surface area contributed by atoms with Crippen LogP contribution in [0.4, 0.5) is 0 Å². The van der Waals surface area contributed by atoms with Gasteiger partial charge in [0.25, 0.3) is 0 Å². The SMILES string of the molecule is O=C([O-])C1=NOCC=C1.[K+]. The molecule has 0 bridgehead atoms. The molecule has 1 heterocycles. The number of carboxylic acid groups (broad SMARTS) is 1. The summed E-state index contributed by atoms with van der Waals surface area (Å²) in [6, 6.07) is 0. The second kappa shape index (κ2) is 5.03. The number of nitrogens with zero attached hydrogens (tertiary/aromatic N) is 1. The van der Waals surface area contributed by atoms with E-state index < -0.39 is 5.97 Å². The van der Waals surface area contributed by atoms with Crippen LogP contribution in [0.15, 0.2) is 17.3 Å². The Bertz CT molecular complexity index is 187. The molecule has 0 aromatic rings. The van der Waals surface area contributed by atoms with E-state index in [0.717, 1.165) is 0 Å². The van der Waals surface area contributed by atoms with Crippen molar-refractivity contribution in [2.24, 2.45) is 5.16 Å². The monoisotopic (exact) mass is 165 g/mol. The minimum Gasteiger partial charge on any atom is -0.543 e. The molecule has 1 aliphatic heterocycles. The Balaban J connectivity index is 0.000000810. The number of oxime groups is 1. The molecule has 5 heteroatoms. The molecule has 48 valence electrons. The fourth-order valence-corrected chi connectivity index (χ4v) is 0.445. The maximum Gasteiger partial charge on any atom is 1.00 e. The van der Waals surface area contributed by atoms with E-state index >= 15 is 0 Å². The van der Waals surface area contributed by atoms with Crippen LogP contribution < -0.4 is 56.5 Å². The third kappa shape index (κ3) is 2.93. The number of hydrogen-bond donors (Lipinski definition) is 0. The summed E-state index contributed by atoms with van der Waals surface area (Å²) < 4.78 is 0. The summed E-state index contributed by atoms with van der Waals surface area (Å²) in [6.45, 7) is 0.330. The Morgan fingerprint density at radius 3 is 2.80 bits per heavy atom.